The van der Waals surface area contributed by atoms with Crippen molar-refractivity contribution in [1.82, 2.24) is 15.1 Å². The van der Waals surface area contributed by atoms with Crippen molar-refractivity contribution in [3.8, 4) is 11.5 Å². The standard InChI is InChI=1S/C21H29N3O3S/c1-15(22-21(25)16-7-8-17(26-3)18(14-16)27-4)20(19-6-5-13-28-19)24-11-9-23(2)10-12-24/h5-8,13-15,20H,9-12H2,1-4H3,(H,22,25)/t15-,20-/m1/s1. The zero-order valence-corrected chi connectivity index (χ0v) is 17.8. The van der Waals surface area contributed by atoms with Crippen molar-refractivity contribution in [1.29, 1.82) is 0 Å². The molecule has 28 heavy (non-hydrogen) atoms. The minimum Gasteiger partial charge on any atom is -0.493 e. The number of hydrogen-bond donors (Lipinski definition) is 1. The van der Waals surface area contributed by atoms with E-state index in [1.165, 1.54) is 4.88 Å². The molecule has 1 aliphatic heterocycles. The first kappa shape index (κ1) is 20.6. The number of rotatable bonds is 7. The molecule has 1 N–H and O–H groups in total. The predicted molar refractivity (Wildman–Crippen MR) is 113 cm³/mol. The quantitative estimate of drug-likeness (QED) is 0.770. The first-order chi connectivity index (χ1) is 13.5. The molecule has 0 bridgehead atoms. The summed E-state index contributed by atoms with van der Waals surface area (Å²) in [5, 5.41) is 5.30. The molecule has 7 heteroatoms. The van der Waals surface area contributed by atoms with Crippen LogP contribution in [0.3, 0.4) is 0 Å². The molecular formula is C21H29N3O3S. The molecule has 0 radical (unpaired) electrons. The molecule has 0 saturated carbocycles. The molecule has 1 saturated heterocycles. The van der Waals surface area contributed by atoms with E-state index in [0.29, 0.717) is 17.1 Å². The van der Waals surface area contributed by atoms with Crippen LogP contribution in [0.4, 0.5) is 0 Å². The van der Waals surface area contributed by atoms with E-state index in [1.54, 1.807) is 43.8 Å². The van der Waals surface area contributed by atoms with Crippen LogP contribution in [0.2, 0.25) is 0 Å². The minimum atomic E-state index is -0.107. The van der Waals surface area contributed by atoms with Crippen molar-refractivity contribution < 1.29 is 14.3 Å². The highest BCUT2D eigenvalue weighted by molar-refractivity contribution is 7.10. The fourth-order valence-corrected chi connectivity index (χ4v) is 4.61. The van der Waals surface area contributed by atoms with Crippen molar-refractivity contribution in [2.45, 2.75) is 19.0 Å². The maximum atomic E-state index is 12.9. The first-order valence-corrected chi connectivity index (χ1v) is 10.4. The van der Waals surface area contributed by atoms with Crippen molar-refractivity contribution in [2.24, 2.45) is 0 Å². The highest BCUT2D eigenvalue weighted by atomic mass is 32.1. The largest absolute Gasteiger partial charge is 0.493 e. The Kier molecular flexibility index (Phi) is 6.93. The lowest BCUT2D eigenvalue weighted by Gasteiger charge is -2.40. The summed E-state index contributed by atoms with van der Waals surface area (Å²) in [5.41, 5.74) is 0.563. The lowest BCUT2D eigenvalue weighted by atomic mass is 10.0. The number of carbonyl (C=O) groups excluding carboxylic acids is 1. The summed E-state index contributed by atoms with van der Waals surface area (Å²) in [6, 6.07) is 9.62. The third-order valence-electron chi connectivity index (χ3n) is 5.24. The van der Waals surface area contributed by atoms with E-state index < -0.39 is 0 Å². The zero-order valence-electron chi connectivity index (χ0n) is 17.0. The summed E-state index contributed by atoms with van der Waals surface area (Å²) in [5.74, 6) is 1.06. The average molecular weight is 404 g/mol. The number of hydrogen-bond acceptors (Lipinski definition) is 6. The van der Waals surface area contributed by atoms with Gasteiger partial charge in [-0.15, -0.1) is 11.3 Å². The summed E-state index contributed by atoms with van der Waals surface area (Å²) in [6.45, 7) is 6.16. The van der Waals surface area contributed by atoms with E-state index in [0.717, 1.165) is 26.2 Å². The van der Waals surface area contributed by atoms with Crippen LogP contribution >= 0.6 is 11.3 Å². The Morgan fingerprint density at radius 2 is 1.82 bits per heavy atom. The van der Waals surface area contributed by atoms with E-state index in [4.69, 9.17) is 9.47 Å². The fourth-order valence-electron chi connectivity index (χ4n) is 3.65. The second-order valence-corrected chi connectivity index (χ2v) is 8.11. The van der Waals surface area contributed by atoms with Gasteiger partial charge in [-0.3, -0.25) is 9.69 Å². The Morgan fingerprint density at radius 1 is 1.11 bits per heavy atom. The number of ether oxygens (including phenoxy) is 2. The van der Waals surface area contributed by atoms with Gasteiger partial charge in [0.1, 0.15) is 0 Å². The van der Waals surface area contributed by atoms with E-state index in [1.807, 2.05) is 0 Å². The van der Waals surface area contributed by atoms with Gasteiger partial charge in [0.15, 0.2) is 11.5 Å². The number of thiophene rings is 1. The number of piperazine rings is 1. The highest BCUT2D eigenvalue weighted by Crippen LogP contribution is 2.30. The summed E-state index contributed by atoms with van der Waals surface area (Å²) >= 11 is 1.74. The number of carbonyl (C=O) groups is 1. The molecule has 0 aliphatic carbocycles. The van der Waals surface area contributed by atoms with Crippen LogP contribution in [0.5, 0.6) is 11.5 Å². The van der Waals surface area contributed by atoms with Crippen molar-refractivity contribution in [3.05, 3.63) is 46.2 Å². The average Bonchev–Trinajstić information content (AvgIpc) is 3.23. The SMILES string of the molecule is COc1ccc(C(=O)N[C@H](C)[C@H](c2cccs2)N2CCN(C)CC2)cc1OC. The van der Waals surface area contributed by atoms with Crippen LogP contribution in [0.1, 0.15) is 28.2 Å². The lowest BCUT2D eigenvalue weighted by molar-refractivity contribution is 0.0799. The fraction of sp³-hybridized carbons (Fsp3) is 0.476. The number of likely N-dealkylation sites (N-methyl/N-ethyl adjacent to an activating group) is 1. The van der Waals surface area contributed by atoms with Crippen molar-refractivity contribution >= 4 is 17.2 Å². The third-order valence-corrected chi connectivity index (χ3v) is 6.19. The van der Waals surface area contributed by atoms with Gasteiger partial charge >= 0.3 is 0 Å². The minimum absolute atomic E-state index is 0.0253. The molecule has 2 atom stereocenters. The van der Waals surface area contributed by atoms with Gasteiger partial charge in [0.25, 0.3) is 5.91 Å². The maximum Gasteiger partial charge on any atom is 0.251 e. The molecule has 6 nitrogen and oxygen atoms in total. The van der Waals surface area contributed by atoms with Crippen LogP contribution in [-0.2, 0) is 0 Å². The highest BCUT2D eigenvalue weighted by Gasteiger charge is 2.30. The normalized spacial score (nSPS) is 17.7. The molecule has 1 amide bonds. The number of nitrogens with one attached hydrogen (secondary N) is 1. The van der Waals surface area contributed by atoms with Crippen molar-refractivity contribution in [2.75, 3.05) is 47.4 Å². The molecule has 1 aromatic carbocycles. The Bertz CT molecular complexity index is 773. The monoisotopic (exact) mass is 403 g/mol. The van der Waals surface area contributed by atoms with E-state index >= 15 is 0 Å². The predicted octanol–water partition coefficient (Wildman–Crippen LogP) is 2.87. The first-order valence-electron chi connectivity index (χ1n) is 9.52. The molecule has 0 spiro atoms. The molecule has 2 heterocycles. The van der Waals surface area contributed by atoms with Crippen molar-refractivity contribution in [3.63, 3.8) is 0 Å². The summed E-state index contributed by atoms with van der Waals surface area (Å²) in [7, 11) is 5.31. The van der Waals surface area contributed by atoms with Crippen LogP contribution < -0.4 is 14.8 Å². The number of methoxy groups -OCH3 is 2. The van der Waals surface area contributed by atoms with Gasteiger partial charge < -0.3 is 19.7 Å². The van der Waals surface area contributed by atoms with Gasteiger partial charge in [0.05, 0.1) is 20.3 Å². The van der Waals surface area contributed by atoms with Gasteiger partial charge in [-0.1, -0.05) is 6.07 Å². The van der Waals surface area contributed by atoms with Gasteiger partial charge in [-0.05, 0) is 43.6 Å². The second-order valence-electron chi connectivity index (χ2n) is 7.13. The zero-order chi connectivity index (χ0) is 20.1. The summed E-state index contributed by atoms with van der Waals surface area (Å²) in [6.07, 6.45) is 0. The lowest BCUT2D eigenvalue weighted by Crippen LogP contribution is -2.51. The summed E-state index contributed by atoms with van der Waals surface area (Å²) < 4.78 is 10.6. The van der Waals surface area contributed by atoms with E-state index in [-0.39, 0.29) is 18.0 Å². The molecule has 0 unspecified atom stereocenters. The van der Waals surface area contributed by atoms with Gasteiger partial charge in [0, 0.05) is 42.7 Å². The number of benzene rings is 1. The van der Waals surface area contributed by atoms with Gasteiger partial charge in [-0.2, -0.15) is 0 Å². The third kappa shape index (κ3) is 4.66. The molecule has 1 aliphatic rings. The van der Waals surface area contributed by atoms with Gasteiger partial charge in [0.2, 0.25) is 0 Å². The van der Waals surface area contributed by atoms with Crippen LogP contribution in [-0.4, -0.2) is 69.2 Å². The van der Waals surface area contributed by atoms with E-state index in [9.17, 15) is 4.79 Å². The molecule has 2 aromatic rings. The Hall–Kier alpha value is -2.09. The smallest absolute Gasteiger partial charge is 0.251 e. The molecular weight excluding hydrogens is 374 g/mol. The number of amides is 1. The summed E-state index contributed by atoms with van der Waals surface area (Å²) in [4.78, 5) is 19.0. The molecule has 3 rings (SSSR count). The van der Waals surface area contributed by atoms with E-state index in [2.05, 4.69) is 46.6 Å². The Balaban J connectivity index is 1.76. The van der Waals surface area contributed by atoms with Crippen LogP contribution in [0, 0.1) is 0 Å². The van der Waals surface area contributed by atoms with Crippen LogP contribution in [0.15, 0.2) is 35.7 Å². The van der Waals surface area contributed by atoms with Crippen LogP contribution in [0.25, 0.3) is 0 Å². The molecule has 1 aromatic heterocycles. The molecule has 152 valence electrons. The number of nitrogens with zero attached hydrogens (tertiary/aromatic N) is 2. The topological polar surface area (TPSA) is 54.0 Å². The second kappa shape index (κ2) is 9.41. The Labute approximate surface area is 171 Å². The molecule has 1 fully saturated rings. The Morgan fingerprint density at radius 3 is 2.43 bits per heavy atom. The van der Waals surface area contributed by atoms with Gasteiger partial charge in [-0.25, -0.2) is 0 Å². The maximum absolute atomic E-state index is 12.9.